The van der Waals surface area contributed by atoms with Crippen LogP contribution in [0.2, 0.25) is 0 Å². The minimum absolute atomic E-state index is 0.203. The van der Waals surface area contributed by atoms with Gasteiger partial charge in [-0.2, -0.15) is 0 Å². The van der Waals surface area contributed by atoms with Gasteiger partial charge in [-0.05, 0) is 56.2 Å². The third-order valence-corrected chi connectivity index (χ3v) is 5.19. The van der Waals surface area contributed by atoms with E-state index in [1.807, 2.05) is 0 Å². The molecule has 1 aromatic heterocycles. The molecule has 0 spiro atoms. The molecule has 150 valence electrons. The van der Waals surface area contributed by atoms with Gasteiger partial charge in [-0.1, -0.05) is 30.3 Å². The van der Waals surface area contributed by atoms with Crippen LogP contribution in [0.3, 0.4) is 0 Å². The van der Waals surface area contributed by atoms with E-state index in [0.29, 0.717) is 24.2 Å². The van der Waals surface area contributed by atoms with Crippen molar-refractivity contribution in [3.63, 3.8) is 0 Å². The van der Waals surface area contributed by atoms with Gasteiger partial charge in [0, 0.05) is 18.7 Å². The minimum atomic E-state index is -0.203. The van der Waals surface area contributed by atoms with Gasteiger partial charge in [-0.15, -0.1) is 0 Å². The second kappa shape index (κ2) is 10.7. The lowest BCUT2D eigenvalue weighted by Gasteiger charge is -2.30. The first kappa shape index (κ1) is 20.1. The molecule has 1 fully saturated rings. The molecule has 0 radical (unpaired) electrons. The summed E-state index contributed by atoms with van der Waals surface area (Å²) in [7, 11) is 1.56. The van der Waals surface area contributed by atoms with Crippen LogP contribution >= 0.6 is 0 Å². The molecule has 3 rings (SSSR count). The van der Waals surface area contributed by atoms with Crippen LogP contribution in [0.25, 0.3) is 0 Å². The lowest BCUT2D eigenvalue weighted by molar-refractivity contribution is 0.250. The zero-order chi connectivity index (χ0) is 19.6. The van der Waals surface area contributed by atoms with Crippen molar-refractivity contribution in [3.8, 4) is 5.88 Å². The summed E-state index contributed by atoms with van der Waals surface area (Å²) in [6.45, 7) is 1.75. The molecule has 2 heterocycles. The van der Waals surface area contributed by atoms with E-state index in [2.05, 4.69) is 51.3 Å². The van der Waals surface area contributed by atoms with Crippen molar-refractivity contribution >= 4 is 11.7 Å². The van der Waals surface area contributed by atoms with Crippen LogP contribution in [0.15, 0.2) is 48.7 Å². The molecule has 2 atom stereocenters. The highest BCUT2D eigenvalue weighted by atomic mass is 16.5. The fourth-order valence-corrected chi connectivity index (χ4v) is 3.75. The van der Waals surface area contributed by atoms with Crippen LogP contribution in [-0.2, 0) is 6.42 Å². The number of nitrogens with one attached hydrogen (secondary N) is 3. The Labute approximate surface area is 167 Å². The van der Waals surface area contributed by atoms with Crippen LogP contribution < -0.4 is 20.7 Å². The molecule has 0 bridgehead atoms. The number of ether oxygens (including phenoxy) is 1. The van der Waals surface area contributed by atoms with Crippen molar-refractivity contribution in [1.29, 1.82) is 0 Å². The maximum atomic E-state index is 12.0. The average Bonchev–Trinajstić information content (AvgIpc) is 2.73. The van der Waals surface area contributed by atoms with Crippen molar-refractivity contribution < 1.29 is 9.53 Å². The van der Waals surface area contributed by atoms with Crippen LogP contribution in [0, 0.1) is 5.92 Å². The van der Waals surface area contributed by atoms with E-state index in [1.165, 1.54) is 18.4 Å². The van der Waals surface area contributed by atoms with Gasteiger partial charge >= 0.3 is 6.03 Å². The van der Waals surface area contributed by atoms with Gasteiger partial charge in [-0.25, -0.2) is 9.78 Å². The number of nitrogens with zero attached hydrogens (tertiary/aromatic N) is 1. The maximum Gasteiger partial charge on any atom is 0.319 e. The summed E-state index contributed by atoms with van der Waals surface area (Å²) in [6, 6.07) is 14.6. The Morgan fingerprint density at radius 2 is 2.11 bits per heavy atom. The van der Waals surface area contributed by atoms with Crippen molar-refractivity contribution in [2.75, 3.05) is 25.5 Å². The minimum Gasteiger partial charge on any atom is -0.481 e. The number of carbonyl (C=O) groups is 1. The van der Waals surface area contributed by atoms with E-state index >= 15 is 0 Å². The number of methoxy groups -OCH3 is 1. The summed E-state index contributed by atoms with van der Waals surface area (Å²) in [6.07, 6.45) is 7.23. The normalized spacial score (nSPS) is 19.0. The Morgan fingerprint density at radius 3 is 2.86 bits per heavy atom. The average molecular weight is 383 g/mol. The van der Waals surface area contributed by atoms with Crippen molar-refractivity contribution in [1.82, 2.24) is 15.6 Å². The molecule has 1 aromatic carbocycles. The standard InChI is InChI=1S/C22H30N4O2/c1-28-21-10-9-20(16-25-21)26-22(27)24-12-5-8-19-15-18(11-13-23-19)14-17-6-3-2-4-7-17/h2-4,6-7,9-10,16,18-19,23H,5,8,11-15H2,1H3,(H2,24,26,27)/t18-,19-/m1/s1. The van der Waals surface area contributed by atoms with Gasteiger partial charge < -0.3 is 20.7 Å². The number of anilines is 1. The first-order valence-corrected chi connectivity index (χ1v) is 10.0. The van der Waals surface area contributed by atoms with Gasteiger partial charge in [0.05, 0.1) is 19.0 Å². The first-order chi connectivity index (χ1) is 13.7. The van der Waals surface area contributed by atoms with E-state index in [1.54, 1.807) is 25.4 Å². The molecule has 28 heavy (non-hydrogen) atoms. The Morgan fingerprint density at radius 1 is 1.25 bits per heavy atom. The summed E-state index contributed by atoms with van der Waals surface area (Å²) >= 11 is 0. The summed E-state index contributed by atoms with van der Waals surface area (Å²) in [4.78, 5) is 16.0. The highest BCUT2D eigenvalue weighted by molar-refractivity contribution is 5.88. The first-order valence-electron chi connectivity index (χ1n) is 10.0. The van der Waals surface area contributed by atoms with Crippen molar-refractivity contribution in [2.45, 2.75) is 38.1 Å². The molecule has 1 aliphatic heterocycles. The van der Waals surface area contributed by atoms with Crippen LogP contribution in [-0.4, -0.2) is 37.3 Å². The van der Waals surface area contributed by atoms with Crippen LogP contribution in [0.1, 0.15) is 31.2 Å². The molecule has 2 aromatic rings. The molecule has 0 aliphatic carbocycles. The van der Waals surface area contributed by atoms with E-state index < -0.39 is 0 Å². The number of hydrogen-bond donors (Lipinski definition) is 3. The zero-order valence-corrected chi connectivity index (χ0v) is 16.5. The molecule has 6 nitrogen and oxygen atoms in total. The van der Waals surface area contributed by atoms with Gasteiger partial charge in [0.15, 0.2) is 0 Å². The molecule has 2 amide bonds. The fourth-order valence-electron chi connectivity index (χ4n) is 3.75. The summed E-state index contributed by atoms with van der Waals surface area (Å²) < 4.78 is 5.01. The van der Waals surface area contributed by atoms with E-state index in [9.17, 15) is 4.79 Å². The molecule has 1 saturated heterocycles. The van der Waals surface area contributed by atoms with Crippen molar-refractivity contribution in [2.24, 2.45) is 5.92 Å². The number of aromatic nitrogens is 1. The van der Waals surface area contributed by atoms with Crippen LogP contribution in [0.4, 0.5) is 10.5 Å². The monoisotopic (exact) mass is 382 g/mol. The van der Waals surface area contributed by atoms with Gasteiger partial charge in [0.25, 0.3) is 0 Å². The zero-order valence-electron chi connectivity index (χ0n) is 16.5. The number of hydrogen-bond acceptors (Lipinski definition) is 4. The number of rotatable bonds is 8. The van der Waals surface area contributed by atoms with Crippen molar-refractivity contribution in [3.05, 3.63) is 54.2 Å². The SMILES string of the molecule is COc1ccc(NC(=O)NCCC[C@@H]2C[C@@H](Cc3ccccc3)CCN2)cn1. The number of carbonyl (C=O) groups excluding carboxylic acids is 1. The van der Waals surface area contributed by atoms with E-state index in [0.717, 1.165) is 31.7 Å². The molecule has 6 heteroatoms. The number of amides is 2. The van der Waals surface area contributed by atoms with Crippen LogP contribution in [0.5, 0.6) is 5.88 Å². The number of urea groups is 1. The predicted octanol–water partition coefficient (Wildman–Crippen LogP) is 3.60. The number of pyridine rings is 1. The molecule has 0 saturated carbocycles. The molecular weight excluding hydrogens is 352 g/mol. The summed E-state index contributed by atoms with van der Waals surface area (Å²) in [5.41, 5.74) is 2.08. The number of piperidine rings is 1. The Kier molecular flexibility index (Phi) is 7.67. The second-order valence-corrected chi connectivity index (χ2v) is 7.34. The summed E-state index contributed by atoms with van der Waals surface area (Å²) in [5, 5.41) is 9.32. The quantitative estimate of drug-likeness (QED) is 0.610. The smallest absolute Gasteiger partial charge is 0.319 e. The van der Waals surface area contributed by atoms with Gasteiger partial charge in [0.2, 0.25) is 5.88 Å². The van der Waals surface area contributed by atoms with Gasteiger partial charge in [0.1, 0.15) is 0 Å². The van der Waals surface area contributed by atoms with E-state index in [-0.39, 0.29) is 6.03 Å². The molecule has 0 unspecified atom stereocenters. The lowest BCUT2D eigenvalue weighted by Crippen LogP contribution is -2.39. The largest absolute Gasteiger partial charge is 0.481 e. The number of benzene rings is 1. The topological polar surface area (TPSA) is 75.3 Å². The predicted molar refractivity (Wildman–Crippen MR) is 112 cm³/mol. The van der Waals surface area contributed by atoms with E-state index in [4.69, 9.17) is 4.74 Å². The maximum absolute atomic E-state index is 12.0. The Hall–Kier alpha value is -2.60. The Balaban J connectivity index is 1.32. The molecular formula is C22H30N4O2. The fraction of sp³-hybridized carbons (Fsp3) is 0.455. The second-order valence-electron chi connectivity index (χ2n) is 7.34. The molecule has 1 aliphatic rings. The summed E-state index contributed by atoms with van der Waals surface area (Å²) in [5.74, 6) is 1.27. The lowest BCUT2D eigenvalue weighted by atomic mass is 9.86. The van der Waals surface area contributed by atoms with Gasteiger partial charge in [-0.3, -0.25) is 0 Å². The highest BCUT2D eigenvalue weighted by Crippen LogP contribution is 2.23. The Bertz CT molecular complexity index is 721. The molecule has 3 N–H and O–H groups in total. The third kappa shape index (κ3) is 6.53. The third-order valence-electron chi connectivity index (χ3n) is 5.19. The highest BCUT2D eigenvalue weighted by Gasteiger charge is 2.21.